The molecular formula is C27H24N2O4S. The number of aryl methyl sites for hydroxylation is 1. The lowest BCUT2D eigenvalue weighted by Crippen LogP contribution is -2.29. The Labute approximate surface area is 202 Å². The number of aliphatic hydroxyl groups excluding tert-OH is 1. The second kappa shape index (κ2) is 9.16. The molecule has 2 aromatic carbocycles. The number of amides is 1. The van der Waals surface area contributed by atoms with Crippen molar-refractivity contribution in [1.29, 1.82) is 5.26 Å². The number of thiophene rings is 1. The monoisotopic (exact) mass is 472 g/mol. The van der Waals surface area contributed by atoms with Crippen LogP contribution in [0.2, 0.25) is 0 Å². The summed E-state index contributed by atoms with van der Waals surface area (Å²) in [6.07, 6.45) is 0. The Morgan fingerprint density at radius 3 is 2.44 bits per heavy atom. The number of hydrogen-bond donors (Lipinski definition) is 1. The molecule has 0 aliphatic carbocycles. The van der Waals surface area contributed by atoms with E-state index >= 15 is 0 Å². The van der Waals surface area contributed by atoms with Gasteiger partial charge in [-0.05, 0) is 71.8 Å². The van der Waals surface area contributed by atoms with Crippen LogP contribution < -0.4 is 9.64 Å². The lowest BCUT2D eigenvalue weighted by atomic mass is 9.92. The average molecular weight is 473 g/mol. The van der Waals surface area contributed by atoms with Crippen molar-refractivity contribution in [3.05, 3.63) is 86.6 Å². The van der Waals surface area contributed by atoms with Crippen molar-refractivity contribution >= 4 is 34.5 Å². The topological polar surface area (TPSA) is 90.6 Å². The number of benzene rings is 2. The molecule has 1 amide bonds. The van der Waals surface area contributed by atoms with Crippen LogP contribution in [-0.2, 0) is 9.59 Å². The maximum Gasteiger partial charge on any atom is 0.300 e. The Kier molecular flexibility index (Phi) is 6.27. The van der Waals surface area contributed by atoms with Gasteiger partial charge in [0.1, 0.15) is 17.6 Å². The quantitative estimate of drug-likeness (QED) is 0.293. The van der Waals surface area contributed by atoms with E-state index in [1.165, 1.54) is 16.2 Å². The molecule has 1 saturated heterocycles. The fraction of sp³-hybridized carbons (Fsp3) is 0.222. The molecule has 1 aliphatic heterocycles. The van der Waals surface area contributed by atoms with Crippen LogP contribution in [0.25, 0.3) is 5.76 Å². The number of carbonyl (C=O) groups is 2. The third-order valence-corrected chi connectivity index (χ3v) is 6.91. The minimum absolute atomic E-state index is 0.0415. The molecule has 1 atom stereocenters. The molecule has 7 heteroatoms. The van der Waals surface area contributed by atoms with E-state index in [0.29, 0.717) is 22.6 Å². The van der Waals surface area contributed by atoms with Crippen LogP contribution in [0.3, 0.4) is 0 Å². The maximum absolute atomic E-state index is 13.3. The van der Waals surface area contributed by atoms with Crippen LogP contribution in [-0.4, -0.2) is 23.9 Å². The largest absolute Gasteiger partial charge is 0.507 e. The van der Waals surface area contributed by atoms with E-state index in [4.69, 9.17) is 10.00 Å². The average Bonchev–Trinajstić information content (AvgIpc) is 3.45. The van der Waals surface area contributed by atoms with E-state index < -0.39 is 17.7 Å². The molecule has 0 radical (unpaired) electrons. The van der Waals surface area contributed by atoms with Gasteiger partial charge in [0.15, 0.2) is 0 Å². The van der Waals surface area contributed by atoms with Crippen molar-refractivity contribution in [2.45, 2.75) is 32.7 Å². The summed E-state index contributed by atoms with van der Waals surface area (Å²) in [5.74, 6) is -0.857. The van der Waals surface area contributed by atoms with Crippen molar-refractivity contribution in [2.75, 3.05) is 12.0 Å². The van der Waals surface area contributed by atoms with Gasteiger partial charge in [-0.3, -0.25) is 14.5 Å². The van der Waals surface area contributed by atoms with Crippen LogP contribution in [0.15, 0.2) is 59.5 Å². The standard InChI is InChI=1S/C27H24N2O4S/c1-15(2)19-13-20(16(3)12-21(19)33-4)25(30)23-24(22-6-5-11-34-22)29(27(32)26(23)31)18-9-7-17(14-28)8-10-18/h5-13,15,24,30H,1-4H3/b25-23+. The molecule has 172 valence electrons. The summed E-state index contributed by atoms with van der Waals surface area (Å²) in [4.78, 5) is 28.7. The van der Waals surface area contributed by atoms with Gasteiger partial charge in [0.25, 0.3) is 11.7 Å². The highest BCUT2D eigenvalue weighted by Gasteiger charge is 2.47. The number of carbonyl (C=O) groups excluding carboxylic acids is 2. The summed E-state index contributed by atoms with van der Waals surface area (Å²) in [6, 6.07) is 15.1. The number of anilines is 1. The van der Waals surface area contributed by atoms with E-state index in [1.54, 1.807) is 31.4 Å². The second-order valence-electron chi connectivity index (χ2n) is 8.41. The number of Topliss-reactive ketones (excluding diaryl/α,β-unsaturated/α-hetero) is 1. The number of ether oxygens (including phenoxy) is 1. The molecule has 1 unspecified atom stereocenters. The summed E-state index contributed by atoms with van der Waals surface area (Å²) >= 11 is 1.40. The summed E-state index contributed by atoms with van der Waals surface area (Å²) in [5, 5.41) is 22.5. The van der Waals surface area contributed by atoms with Crippen molar-refractivity contribution in [1.82, 2.24) is 0 Å². The molecule has 0 bridgehead atoms. The van der Waals surface area contributed by atoms with Gasteiger partial charge in [-0.1, -0.05) is 19.9 Å². The predicted molar refractivity (Wildman–Crippen MR) is 132 cm³/mol. The summed E-state index contributed by atoms with van der Waals surface area (Å²) < 4.78 is 5.51. The number of nitriles is 1. The van der Waals surface area contributed by atoms with Crippen LogP contribution in [0.5, 0.6) is 5.75 Å². The summed E-state index contributed by atoms with van der Waals surface area (Å²) in [7, 11) is 1.60. The number of hydrogen-bond acceptors (Lipinski definition) is 6. The molecule has 1 fully saturated rings. The molecule has 1 N–H and O–H groups in total. The Morgan fingerprint density at radius 1 is 1.18 bits per heavy atom. The van der Waals surface area contributed by atoms with E-state index in [9.17, 15) is 14.7 Å². The molecule has 1 aliphatic rings. The van der Waals surface area contributed by atoms with Gasteiger partial charge < -0.3 is 9.84 Å². The van der Waals surface area contributed by atoms with Gasteiger partial charge >= 0.3 is 0 Å². The van der Waals surface area contributed by atoms with Gasteiger partial charge in [-0.25, -0.2) is 0 Å². The lowest BCUT2D eigenvalue weighted by Gasteiger charge is -2.24. The maximum atomic E-state index is 13.3. The summed E-state index contributed by atoms with van der Waals surface area (Å²) in [6.45, 7) is 5.87. The molecule has 34 heavy (non-hydrogen) atoms. The Morgan fingerprint density at radius 2 is 1.88 bits per heavy atom. The molecule has 1 aromatic heterocycles. The van der Waals surface area contributed by atoms with Crippen LogP contribution in [0.1, 0.15) is 52.9 Å². The minimum Gasteiger partial charge on any atom is -0.507 e. The van der Waals surface area contributed by atoms with Gasteiger partial charge in [0, 0.05) is 16.1 Å². The first-order chi connectivity index (χ1) is 16.3. The summed E-state index contributed by atoms with van der Waals surface area (Å²) in [5.41, 5.74) is 3.08. The van der Waals surface area contributed by atoms with E-state index in [-0.39, 0.29) is 17.3 Å². The molecular weight excluding hydrogens is 448 g/mol. The first-order valence-electron chi connectivity index (χ1n) is 10.8. The lowest BCUT2D eigenvalue weighted by molar-refractivity contribution is -0.132. The number of ketones is 1. The van der Waals surface area contributed by atoms with Gasteiger partial charge in [0.05, 0.1) is 24.3 Å². The Hall–Kier alpha value is -3.89. The SMILES string of the molecule is COc1cc(C)c(/C(O)=C2\C(=O)C(=O)N(c3ccc(C#N)cc3)C2c2cccs2)cc1C(C)C. The number of rotatable bonds is 5. The van der Waals surface area contributed by atoms with E-state index in [1.807, 2.05) is 50.4 Å². The van der Waals surface area contributed by atoms with Crippen LogP contribution in [0, 0.1) is 18.3 Å². The van der Waals surface area contributed by atoms with Gasteiger partial charge in [0.2, 0.25) is 0 Å². The normalized spacial score (nSPS) is 17.3. The zero-order chi connectivity index (χ0) is 24.6. The van der Waals surface area contributed by atoms with Crippen molar-refractivity contribution in [2.24, 2.45) is 0 Å². The third-order valence-electron chi connectivity index (χ3n) is 5.99. The molecule has 6 nitrogen and oxygen atoms in total. The second-order valence-corrected chi connectivity index (χ2v) is 9.39. The Balaban J connectivity index is 1.94. The number of methoxy groups -OCH3 is 1. The third kappa shape index (κ3) is 3.87. The van der Waals surface area contributed by atoms with Gasteiger partial charge in [-0.2, -0.15) is 5.26 Å². The first-order valence-corrected chi connectivity index (χ1v) is 11.7. The fourth-order valence-electron chi connectivity index (χ4n) is 4.24. The predicted octanol–water partition coefficient (Wildman–Crippen LogP) is 5.69. The van der Waals surface area contributed by atoms with E-state index in [0.717, 1.165) is 16.0 Å². The highest BCUT2D eigenvalue weighted by atomic mass is 32.1. The molecule has 2 heterocycles. The molecule has 3 aromatic rings. The van der Waals surface area contributed by atoms with Crippen molar-refractivity contribution in [3.63, 3.8) is 0 Å². The zero-order valence-corrected chi connectivity index (χ0v) is 20.1. The number of nitrogens with zero attached hydrogens (tertiary/aromatic N) is 2. The van der Waals surface area contributed by atoms with E-state index in [2.05, 4.69) is 6.07 Å². The Bertz CT molecular complexity index is 1330. The van der Waals surface area contributed by atoms with Crippen LogP contribution >= 0.6 is 11.3 Å². The van der Waals surface area contributed by atoms with Crippen molar-refractivity contribution < 1.29 is 19.4 Å². The first kappa shape index (κ1) is 23.3. The molecule has 0 saturated carbocycles. The molecule has 4 rings (SSSR count). The molecule has 0 spiro atoms. The van der Waals surface area contributed by atoms with Crippen molar-refractivity contribution in [3.8, 4) is 11.8 Å². The highest BCUT2D eigenvalue weighted by Crippen LogP contribution is 2.44. The zero-order valence-electron chi connectivity index (χ0n) is 19.3. The van der Waals surface area contributed by atoms with Crippen LogP contribution in [0.4, 0.5) is 5.69 Å². The van der Waals surface area contributed by atoms with Gasteiger partial charge in [-0.15, -0.1) is 11.3 Å². The number of aliphatic hydroxyl groups is 1. The smallest absolute Gasteiger partial charge is 0.300 e. The minimum atomic E-state index is -0.781. The highest BCUT2D eigenvalue weighted by molar-refractivity contribution is 7.10. The fourth-order valence-corrected chi connectivity index (χ4v) is 5.06.